The number of furan rings is 1. The van der Waals surface area contributed by atoms with Crippen molar-refractivity contribution in [3.63, 3.8) is 0 Å². The first kappa shape index (κ1) is 17.1. The van der Waals surface area contributed by atoms with Crippen LogP contribution in [0.25, 0.3) is 0 Å². The third kappa shape index (κ3) is 4.87. The Bertz CT molecular complexity index is 659. The van der Waals surface area contributed by atoms with Gasteiger partial charge in [0.25, 0.3) is 0 Å². The van der Waals surface area contributed by atoms with Crippen LogP contribution in [0.4, 0.5) is 4.79 Å². The van der Waals surface area contributed by atoms with E-state index in [1.54, 1.807) is 0 Å². The number of hydrogen-bond acceptors (Lipinski definition) is 3. The van der Waals surface area contributed by atoms with Crippen molar-refractivity contribution < 1.29 is 9.21 Å². The minimum Gasteiger partial charge on any atom is -0.464 e. The highest BCUT2D eigenvalue weighted by molar-refractivity contribution is 5.74. The summed E-state index contributed by atoms with van der Waals surface area (Å²) in [6.45, 7) is 11.3. The van der Waals surface area contributed by atoms with Gasteiger partial charge in [-0.25, -0.2) is 4.79 Å². The molecule has 2 heterocycles. The quantitative estimate of drug-likeness (QED) is 0.859. The van der Waals surface area contributed by atoms with Gasteiger partial charge in [-0.3, -0.25) is 4.68 Å². The van der Waals surface area contributed by atoms with E-state index in [9.17, 15) is 4.79 Å². The third-order valence-electron chi connectivity index (χ3n) is 3.73. The summed E-state index contributed by atoms with van der Waals surface area (Å²) in [5, 5.41) is 10.2. The van der Waals surface area contributed by atoms with Gasteiger partial charge in [-0.05, 0) is 51.8 Å². The predicted octanol–water partition coefficient (Wildman–Crippen LogP) is 3.10. The fraction of sp³-hybridized carbons (Fsp3) is 0.529. The smallest absolute Gasteiger partial charge is 0.315 e. The van der Waals surface area contributed by atoms with E-state index in [1.807, 2.05) is 44.5 Å². The van der Waals surface area contributed by atoms with Crippen LogP contribution in [0.15, 0.2) is 22.6 Å². The largest absolute Gasteiger partial charge is 0.464 e. The van der Waals surface area contributed by atoms with Crippen LogP contribution in [0, 0.1) is 26.7 Å². The number of aryl methyl sites for hydroxylation is 3. The molecule has 2 amide bonds. The number of rotatable bonds is 6. The van der Waals surface area contributed by atoms with E-state index in [1.165, 1.54) is 0 Å². The minimum absolute atomic E-state index is 0.157. The molecule has 0 aliphatic rings. The van der Waals surface area contributed by atoms with Crippen molar-refractivity contribution >= 4 is 6.03 Å². The van der Waals surface area contributed by atoms with Gasteiger partial charge in [-0.1, -0.05) is 6.92 Å². The maximum atomic E-state index is 12.0. The molecule has 0 bridgehead atoms. The first-order valence-corrected chi connectivity index (χ1v) is 7.97. The number of amides is 2. The molecule has 2 N–H and O–H groups in total. The van der Waals surface area contributed by atoms with Crippen LogP contribution in [0.5, 0.6) is 0 Å². The van der Waals surface area contributed by atoms with Crippen LogP contribution in [-0.2, 0) is 6.54 Å². The zero-order chi connectivity index (χ0) is 17.0. The topological polar surface area (TPSA) is 72.1 Å². The molecular formula is C17H26N4O2. The van der Waals surface area contributed by atoms with Gasteiger partial charge in [-0.2, -0.15) is 5.10 Å². The normalized spacial score (nSPS) is 13.6. The Morgan fingerprint density at radius 1 is 1.30 bits per heavy atom. The molecule has 2 aromatic heterocycles. The van der Waals surface area contributed by atoms with E-state index in [0.29, 0.717) is 12.5 Å². The molecule has 0 aromatic carbocycles. The first-order valence-electron chi connectivity index (χ1n) is 7.97. The van der Waals surface area contributed by atoms with Crippen molar-refractivity contribution in [2.75, 3.05) is 6.54 Å². The van der Waals surface area contributed by atoms with E-state index in [2.05, 4.69) is 28.7 Å². The van der Waals surface area contributed by atoms with Gasteiger partial charge in [0.15, 0.2) is 0 Å². The van der Waals surface area contributed by atoms with E-state index in [0.717, 1.165) is 29.5 Å². The fourth-order valence-corrected chi connectivity index (χ4v) is 2.49. The van der Waals surface area contributed by atoms with Crippen LogP contribution >= 0.6 is 0 Å². The summed E-state index contributed by atoms with van der Waals surface area (Å²) in [5.41, 5.74) is 2.16. The van der Waals surface area contributed by atoms with Gasteiger partial charge in [0.1, 0.15) is 11.5 Å². The molecular weight excluding hydrogens is 292 g/mol. The summed E-state index contributed by atoms with van der Waals surface area (Å²) >= 11 is 0. The molecule has 2 rings (SSSR count). The molecule has 2 aromatic rings. The summed E-state index contributed by atoms with van der Waals surface area (Å²) in [7, 11) is 0. The zero-order valence-electron chi connectivity index (χ0n) is 14.5. The van der Waals surface area contributed by atoms with E-state index in [-0.39, 0.29) is 12.1 Å². The Balaban J connectivity index is 1.76. The Kier molecular flexibility index (Phi) is 5.47. The molecule has 23 heavy (non-hydrogen) atoms. The predicted molar refractivity (Wildman–Crippen MR) is 89.3 cm³/mol. The Morgan fingerprint density at radius 2 is 2.04 bits per heavy atom. The van der Waals surface area contributed by atoms with E-state index < -0.39 is 0 Å². The standard InChI is InChI=1S/C17H26N4O2/c1-11(10-21-13(3)8-12(2)20-21)9-18-17(22)19-15(5)16-7-6-14(4)23-16/h6-8,11,15H,9-10H2,1-5H3,(H2,18,19,22). The van der Waals surface area contributed by atoms with Gasteiger partial charge in [0, 0.05) is 18.8 Å². The summed E-state index contributed by atoms with van der Waals surface area (Å²) in [4.78, 5) is 12.0. The van der Waals surface area contributed by atoms with Crippen LogP contribution < -0.4 is 10.6 Å². The lowest BCUT2D eigenvalue weighted by Crippen LogP contribution is -2.39. The number of carbonyl (C=O) groups excluding carboxylic acids is 1. The van der Waals surface area contributed by atoms with Crippen molar-refractivity contribution in [3.8, 4) is 0 Å². The molecule has 0 spiro atoms. The van der Waals surface area contributed by atoms with Gasteiger partial charge in [-0.15, -0.1) is 0 Å². The van der Waals surface area contributed by atoms with Crippen molar-refractivity contribution in [1.82, 2.24) is 20.4 Å². The van der Waals surface area contributed by atoms with Gasteiger partial charge < -0.3 is 15.1 Å². The average molecular weight is 318 g/mol. The molecule has 0 fully saturated rings. The molecule has 0 saturated heterocycles. The number of hydrogen-bond donors (Lipinski definition) is 2. The highest BCUT2D eigenvalue weighted by Gasteiger charge is 2.13. The van der Waals surface area contributed by atoms with Crippen LogP contribution in [0.1, 0.15) is 42.8 Å². The molecule has 0 aliphatic heterocycles. The number of urea groups is 1. The molecule has 6 heteroatoms. The lowest BCUT2D eigenvalue weighted by Gasteiger charge is -2.16. The summed E-state index contributed by atoms with van der Waals surface area (Å²) < 4.78 is 7.49. The lowest BCUT2D eigenvalue weighted by atomic mass is 10.2. The van der Waals surface area contributed by atoms with Crippen LogP contribution in [0.2, 0.25) is 0 Å². The molecule has 2 unspecified atom stereocenters. The number of nitrogens with zero attached hydrogens (tertiary/aromatic N) is 2. The summed E-state index contributed by atoms with van der Waals surface area (Å²) in [6, 6.07) is 5.48. The Labute approximate surface area is 137 Å². The van der Waals surface area contributed by atoms with E-state index >= 15 is 0 Å². The summed E-state index contributed by atoms with van der Waals surface area (Å²) in [6.07, 6.45) is 0. The highest BCUT2D eigenvalue weighted by atomic mass is 16.3. The maximum Gasteiger partial charge on any atom is 0.315 e. The van der Waals surface area contributed by atoms with Crippen molar-refractivity contribution in [3.05, 3.63) is 41.1 Å². The van der Waals surface area contributed by atoms with Crippen molar-refractivity contribution in [1.29, 1.82) is 0 Å². The van der Waals surface area contributed by atoms with Gasteiger partial charge in [0.05, 0.1) is 11.7 Å². The van der Waals surface area contributed by atoms with Gasteiger partial charge in [0.2, 0.25) is 0 Å². The Morgan fingerprint density at radius 3 is 2.61 bits per heavy atom. The SMILES string of the molecule is Cc1cc(C)n(CC(C)CNC(=O)NC(C)c2ccc(C)o2)n1. The Hall–Kier alpha value is -2.24. The molecule has 0 aliphatic carbocycles. The van der Waals surface area contributed by atoms with E-state index in [4.69, 9.17) is 4.42 Å². The summed E-state index contributed by atoms with van der Waals surface area (Å²) in [5.74, 6) is 1.89. The highest BCUT2D eigenvalue weighted by Crippen LogP contribution is 2.15. The third-order valence-corrected chi connectivity index (χ3v) is 3.73. The number of aromatic nitrogens is 2. The van der Waals surface area contributed by atoms with Crippen LogP contribution in [0.3, 0.4) is 0 Å². The maximum absolute atomic E-state index is 12.0. The number of nitrogens with one attached hydrogen (secondary N) is 2. The molecule has 126 valence electrons. The second kappa shape index (κ2) is 7.35. The monoisotopic (exact) mass is 318 g/mol. The van der Waals surface area contributed by atoms with Crippen LogP contribution in [-0.4, -0.2) is 22.4 Å². The molecule has 6 nitrogen and oxygen atoms in total. The second-order valence-corrected chi connectivity index (χ2v) is 6.24. The fourth-order valence-electron chi connectivity index (χ4n) is 2.49. The van der Waals surface area contributed by atoms with Crippen molar-refractivity contribution in [2.45, 2.75) is 47.2 Å². The minimum atomic E-state index is -0.188. The average Bonchev–Trinajstić information content (AvgIpc) is 3.03. The molecule has 2 atom stereocenters. The molecule has 0 saturated carbocycles. The van der Waals surface area contributed by atoms with Gasteiger partial charge >= 0.3 is 6.03 Å². The second-order valence-electron chi connectivity index (χ2n) is 6.24. The molecule has 0 radical (unpaired) electrons. The zero-order valence-corrected chi connectivity index (χ0v) is 14.5. The number of carbonyl (C=O) groups is 1. The van der Waals surface area contributed by atoms with Crippen molar-refractivity contribution in [2.24, 2.45) is 5.92 Å². The first-order chi connectivity index (χ1) is 10.8. The lowest BCUT2D eigenvalue weighted by molar-refractivity contribution is 0.233.